The molecule has 1 aliphatic heterocycles. The smallest absolute Gasteiger partial charge is 0.337 e. The number of para-hydroxylation sites is 1. The zero-order valence-electron chi connectivity index (χ0n) is 14.7. The monoisotopic (exact) mass is 427 g/mol. The van der Waals surface area contributed by atoms with E-state index in [0.29, 0.717) is 24.3 Å². The lowest BCUT2D eigenvalue weighted by Gasteiger charge is -2.27. The number of halogens is 1. The molecule has 0 bridgehead atoms. The maximum absolute atomic E-state index is 12.7. The predicted octanol–water partition coefficient (Wildman–Crippen LogP) is 4.31. The molecule has 1 aromatic heterocycles. The van der Waals surface area contributed by atoms with E-state index in [1.54, 1.807) is 29.2 Å². The Balaban J connectivity index is 1.50. The highest BCUT2D eigenvalue weighted by molar-refractivity contribution is 9.10. The number of H-pyrrole nitrogens is 1. The Morgan fingerprint density at radius 1 is 1.19 bits per heavy atom. The zero-order chi connectivity index (χ0) is 19.0. The number of nitrogens with zero attached hydrogens (tertiary/aromatic N) is 1. The molecule has 2 amide bonds. The molecule has 0 radical (unpaired) electrons. The van der Waals surface area contributed by atoms with Crippen molar-refractivity contribution in [1.82, 2.24) is 9.88 Å². The third kappa shape index (κ3) is 3.30. The summed E-state index contributed by atoms with van der Waals surface area (Å²) in [5.41, 5.74) is 4.50. The van der Waals surface area contributed by atoms with Gasteiger partial charge in [0.05, 0.1) is 18.2 Å². The molecule has 3 aromatic rings. The predicted molar refractivity (Wildman–Crippen MR) is 107 cm³/mol. The van der Waals surface area contributed by atoms with Crippen LogP contribution in [0.5, 0.6) is 0 Å². The highest BCUT2D eigenvalue weighted by Gasteiger charge is 2.24. The van der Waals surface area contributed by atoms with Gasteiger partial charge in [-0.05, 0) is 46.3 Å². The molecule has 0 saturated carbocycles. The molecule has 0 atom stereocenters. The van der Waals surface area contributed by atoms with Crippen LogP contribution in [0.25, 0.3) is 10.9 Å². The normalized spacial score (nSPS) is 13.3. The molecule has 2 N–H and O–H groups in total. The molecule has 138 valence electrons. The molecular weight excluding hydrogens is 410 g/mol. The summed E-state index contributed by atoms with van der Waals surface area (Å²) in [5.74, 6) is -0.401. The van der Waals surface area contributed by atoms with Gasteiger partial charge in [0.15, 0.2) is 0 Å². The number of urea groups is 1. The molecule has 2 aromatic carbocycles. The summed E-state index contributed by atoms with van der Waals surface area (Å²) in [6.45, 7) is 1.20. The van der Waals surface area contributed by atoms with Crippen molar-refractivity contribution < 1.29 is 14.3 Å². The van der Waals surface area contributed by atoms with Gasteiger partial charge in [0, 0.05) is 46.3 Å². The SMILES string of the molecule is COC(=O)c1ccc(NC(=O)N2CCc3[nH]c4c(Br)cccc4c3C2)cc1. The number of nitrogens with one attached hydrogen (secondary N) is 2. The molecule has 0 saturated heterocycles. The van der Waals surface area contributed by atoms with Gasteiger partial charge in [0.2, 0.25) is 0 Å². The van der Waals surface area contributed by atoms with Crippen molar-refractivity contribution in [1.29, 1.82) is 0 Å². The number of carbonyl (C=O) groups is 2. The molecule has 0 unspecified atom stereocenters. The lowest BCUT2D eigenvalue weighted by Crippen LogP contribution is -2.38. The molecule has 27 heavy (non-hydrogen) atoms. The van der Waals surface area contributed by atoms with Gasteiger partial charge >= 0.3 is 12.0 Å². The third-order valence-corrected chi connectivity index (χ3v) is 5.46. The molecule has 0 aliphatic carbocycles. The van der Waals surface area contributed by atoms with Crippen molar-refractivity contribution in [2.24, 2.45) is 0 Å². The molecule has 6 nitrogen and oxygen atoms in total. The topological polar surface area (TPSA) is 74.4 Å². The number of benzene rings is 2. The lowest BCUT2D eigenvalue weighted by molar-refractivity contribution is 0.0600. The lowest BCUT2D eigenvalue weighted by atomic mass is 10.0. The molecule has 0 fully saturated rings. The maximum Gasteiger partial charge on any atom is 0.337 e. The number of hydrogen-bond acceptors (Lipinski definition) is 3. The minimum atomic E-state index is -0.401. The Labute approximate surface area is 164 Å². The number of methoxy groups -OCH3 is 1. The van der Waals surface area contributed by atoms with E-state index in [1.807, 2.05) is 12.1 Å². The summed E-state index contributed by atoms with van der Waals surface area (Å²) in [6, 6.07) is 12.6. The fraction of sp³-hybridized carbons (Fsp3) is 0.200. The minimum Gasteiger partial charge on any atom is -0.465 e. The number of fused-ring (bicyclic) bond motifs is 3. The van der Waals surface area contributed by atoms with Crippen LogP contribution >= 0.6 is 15.9 Å². The third-order valence-electron chi connectivity index (χ3n) is 4.80. The van der Waals surface area contributed by atoms with Crippen molar-refractivity contribution >= 4 is 44.5 Å². The summed E-state index contributed by atoms with van der Waals surface area (Å²) >= 11 is 3.58. The summed E-state index contributed by atoms with van der Waals surface area (Å²) in [6.07, 6.45) is 0.783. The number of rotatable bonds is 2. The first kappa shape index (κ1) is 17.6. The molecule has 4 rings (SSSR count). The fourth-order valence-corrected chi connectivity index (χ4v) is 3.85. The first-order valence-corrected chi connectivity index (χ1v) is 9.38. The molecule has 7 heteroatoms. The minimum absolute atomic E-state index is 0.157. The number of anilines is 1. The number of hydrogen-bond donors (Lipinski definition) is 2. The fourth-order valence-electron chi connectivity index (χ4n) is 3.39. The Hall–Kier alpha value is -2.80. The van der Waals surface area contributed by atoms with Crippen molar-refractivity contribution in [2.45, 2.75) is 13.0 Å². The summed E-state index contributed by atoms with van der Waals surface area (Å²) in [4.78, 5) is 29.4. The quantitative estimate of drug-likeness (QED) is 0.598. The van der Waals surface area contributed by atoms with Crippen LogP contribution in [-0.2, 0) is 17.7 Å². The van der Waals surface area contributed by atoms with Gasteiger partial charge in [-0.3, -0.25) is 0 Å². The maximum atomic E-state index is 12.7. The van der Waals surface area contributed by atoms with Gasteiger partial charge in [0.25, 0.3) is 0 Å². The van der Waals surface area contributed by atoms with Crippen LogP contribution in [0, 0.1) is 0 Å². The molecular formula is C20H18BrN3O3. The van der Waals surface area contributed by atoms with Gasteiger partial charge in [-0.15, -0.1) is 0 Å². The summed E-state index contributed by atoms with van der Waals surface area (Å²) < 4.78 is 5.70. The van der Waals surface area contributed by atoms with Crippen LogP contribution in [0.15, 0.2) is 46.9 Å². The number of carbonyl (C=O) groups excluding carboxylic acids is 2. The van der Waals surface area contributed by atoms with Crippen LogP contribution in [0.1, 0.15) is 21.6 Å². The van der Waals surface area contributed by atoms with Gasteiger partial charge < -0.3 is 19.9 Å². The molecule has 0 spiro atoms. The number of esters is 1. The van der Waals surface area contributed by atoms with Crippen LogP contribution < -0.4 is 5.32 Å². The number of ether oxygens (including phenoxy) is 1. The van der Waals surface area contributed by atoms with E-state index in [0.717, 1.165) is 27.4 Å². The first-order chi connectivity index (χ1) is 13.1. The number of aromatic nitrogens is 1. The van der Waals surface area contributed by atoms with E-state index < -0.39 is 5.97 Å². The van der Waals surface area contributed by atoms with Gasteiger partial charge in [-0.1, -0.05) is 12.1 Å². The highest BCUT2D eigenvalue weighted by Crippen LogP contribution is 2.32. The second-order valence-electron chi connectivity index (χ2n) is 6.42. The standard InChI is InChI=1S/C20H18BrN3O3/c1-27-19(25)12-5-7-13(8-6-12)22-20(26)24-10-9-17-15(11-24)14-3-2-4-16(21)18(14)23-17/h2-8,23H,9-11H2,1H3,(H,22,26). The van der Waals surface area contributed by atoms with Crippen molar-refractivity contribution in [3.63, 3.8) is 0 Å². The van der Waals surface area contributed by atoms with Gasteiger partial charge in [0.1, 0.15) is 0 Å². The van der Waals surface area contributed by atoms with E-state index in [-0.39, 0.29) is 6.03 Å². The first-order valence-electron chi connectivity index (χ1n) is 8.59. The van der Waals surface area contributed by atoms with Crippen LogP contribution in [0.4, 0.5) is 10.5 Å². The van der Waals surface area contributed by atoms with Crippen LogP contribution in [-0.4, -0.2) is 35.5 Å². The van der Waals surface area contributed by atoms with E-state index in [2.05, 4.69) is 37.0 Å². The summed E-state index contributed by atoms with van der Waals surface area (Å²) in [5, 5.41) is 4.03. The van der Waals surface area contributed by atoms with Crippen LogP contribution in [0.3, 0.4) is 0 Å². The zero-order valence-corrected chi connectivity index (χ0v) is 16.3. The average Bonchev–Trinajstić information content (AvgIpc) is 3.07. The Bertz CT molecular complexity index is 1030. The Kier molecular flexibility index (Phi) is 4.61. The highest BCUT2D eigenvalue weighted by atomic mass is 79.9. The second-order valence-corrected chi connectivity index (χ2v) is 7.27. The van der Waals surface area contributed by atoms with Gasteiger partial charge in [-0.25, -0.2) is 9.59 Å². The van der Waals surface area contributed by atoms with E-state index in [4.69, 9.17) is 0 Å². The van der Waals surface area contributed by atoms with Crippen LogP contribution in [0.2, 0.25) is 0 Å². The number of amides is 2. The van der Waals surface area contributed by atoms with Crippen molar-refractivity contribution in [2.75, 3.05) is 19.0 Å². The van der Waals surface area contributed by atoms with Crippen molar-refractivity contribution in [3.05, 3.63) is 63.8 Å². The average molecular weight is 428 g/mol. The summed E-state index contributed by atoms with van der Waals surface area (Å²) in [7, 11) is 1.34. The van der Waals surface area contributed by atoms with E-state index >= 15 is 0 Å². The number of aromatic amines is 1. The Morgan fingerprint density at radius 2 is 1.96 bits per heavy atom. The molecule has 2 heterocycles. The van der Waals surface area contributed by atoms with Gasteiger partial charge in [-0.2, -0.15) is 0 Å². The largest absolute Gasteiger partial charge is 0.465 e. The van der Waals surface area contributed by atoms with Crippen molar-refractivity contribution in [3.8, 4) is 0 Å². The molecule has 1 aliphatic rings. The second kappa shape index (κ2) is 7.08. The Morgan fingerprint density at radius 3 is 2.70 bits per heavy atom. The van der Waals surface area contributed by atoms with E-state index in [1.165, 1.54) is 12.8 Å². The van der Waals surface area contributed by atoms with E-state index in [9.17, 15) is 9.59 Å².